The predicted octanol–water partition coefficient (Wildman–Crippen LogP) is 5.40. The van der Waals surface area contributed by atoms with Crippen molar-refractivity contribution < 1.29 is 13.9 Å². The minimum Gasteiger partial charge on any atom is -0.352 e. The van der Waals surface area contributed by atoms with Crippen LogP contribution in [0.5, 0.6) is 0 Å². The summed E-state index contributed by atoms with van der Waals surface area (Å²) in [5.41, 5.74) is 0. The number of ether oxygens (including phenoxy) is 2. The van der Waals surface area contributed by atoms with Crippen LogP contribution in [-0.4, -0.2) is 19.5 Å². The third kappa shape index (κ3) is 4.67. The standard InChI is InChI=1S/C20H31FO2/c1-2-3-4-15-5-7-16(8-6-15)18-13-22-20(23-14-18)17-9-11-19(21)12-10-17/h3-4,11,15-18,20H,2,5-10,12-14H2,1H3/b4-3+/t15-,16-,17?,18-,20-. The Morgan fingerprint density at radius 1 is 1.04 bits per heavy atom. The molecule has 0 aromatic heterocycles. The van der Waals surface area contributed by atoms with Crippen LogP contribution in [0.2, 0.25) is 0 Å². The van der Waals surface area contributed by atoms with Crippen LogP contribution < -0.4 is 0 Å². The summed E-state index contributed by atoms with van der Waals surface area (Å²) in [5, 5.41) is 0. The first-order chi connectivity index (χ1) is 11.3. The minimum atomic E-state index is -0.112. The number of halogens is 1. The molecule has 1 saturated heterocycles. The average molecular weight is 322 g/mol. The highest BCUT2D eigenvalue weighted by Crippen LogP contribution is 2.37. The van der Waals surface area contributed by atoms with E-state index in [2.05, 4.69) is 19.1 Å². The number of rotatable bonds is 4. The lowest BCUT2D eigenvalue weighted by atomic mass is 9.76. The van der Waals surface area contributed by atoms with Crippen molar-refractivity contribution in [3.8, 4) is 0 Å². The van der Waals surface area contributed by atoms with Gasteiger partial charge >= 0.3 is 0 Å². The van der Waals surface area contributed by atoms with Crippen molar-refractivity contribution >= 4 is 0 Å². The van der Waals surface area contributed by atoms with E-state index in [1.807, 2.05) is 0 Å². The smallest absolute Gasteiger partial charge is 0.160 e. The van der Waals surface area contributed by atoms with Crippen LogP contribution in [0.1, 0.15) is 58.3 Å². The molecule has 1 atom stereocenters. The Bertz CT molecular complexity index is 415. The molecule has 1 heterocycles. The maximum atomic E-state index is 13.1. The summed E-state index contributed by atoms with van der Waals surface area (Å²) in [6.07, 6.45) is 14.9. The first kappa shape index (κ1) is 17.2. The molecular weight excluding hydrogens is 291 g/mol. The highest BCUT2D eigenvalue weighted by atomic mass is 19.1. The fraction of sp³-hybridized carbons (Fsp3) is 0.800. The summed E-state index contributed by atoms with van der Waals surface area (Å²) in [6, 6.07) is 0. The lowest BCUT2D eigenvalue weighted by Crippen LogP contribution is -2.40. The molecule has 2 fully saturated rings. The molecule has 0 aromatic rings. The zero-order valence-electron chi connectivity index (χ0n) is 14.4. The van der Waals surface area contributed by atoms with Crippen LogP contribution in [0.4, 0.5) is 4.39 Å². The molecule has 3 rings (SSSR count). The number of allylic oxidation sites excluding steroid dienone is 4. The molecule has 130 valence electrons. The SMILES string of the molecule is CC/C=C/[C@H]1CC[C@H]([C@H]2CO[C@H](C3CC=C(F)CC3)OC2)CC1. The number of hydrogen-bond donors (Lipinski definition) is 0. The normalized spacial score (nSPS) is 39.4. The predicted molar refractivity (Wildman–Crippen MR) is 90.6 cm³/mol. The first-order valence-corrected chi connectivity index (χ1v) is 9.50. The van der Waals surface area contributed by atoms with Crippen molar-refractivity contribution in [3.05, 3.63) is 24.1 Å². The second-order valence-electron chi connectivity index (χ2n) is 7.49. The summed E-state index contributed by atoms with van der Waals surface area (Å²) in [4.78, 5) is 0. The van der Waals surface area contributed by atoms with Crippen LogP contribution in [0.3, 0.4) is 0 Å². The van der Waals surface area contributed by atoms with E-state index >= 15 is 0 Å². The molecule has 23 heavy (non-hydrogen) atoms. The van der Waals surface area contributed by atoms with E-state index in [-0.39, 0.29) is 12.1 Å². The van der Waals surface area contributed by atoms with E-state index in [0.29, 0.717) is 18.3 Å². The third-order valence-corrected chi connectivity index (χ3v) is 5.86. The molecule has 0 aromatic carbocycles. The molecule has 1 unspecified atom stereocenters. The Morgan fingerprint density at radius 2 is 1.78 bits per heavy atom. The van der Waals surface area contributed by atoms with Crippen LogP contribution in [0.25, 0.3) is 0 Å². The lowest BCUT2D eigenvalue weighted by molar-refractivity contribution is -0.233. The first-order valence-electron chi connectivity index (χ1n) is 9.50. The molecule has 0 bridgehead atoms. The monoisotopic (exact) mass is 322 g/mol. The Balaban J connectivity index is 1.40. The van der Waals surface area contributed by atoms with Gasteiger partial charge in [-0.1, -0.05) is 25.2 Å². The van der Waals surface area contributed by atoms with Gasteiger partial charge in [0, 0.05) is 11.8 Å². The molecule has 0 N–H and O–H groups in total. The van der Waals surface area contributed by atoms with Gasteiger partial charge in [-0.3, -0.25) is 0 Å². The minimum absolute atomic E-state index is 0.0313. The van der Waals surface area contributed by atoms with Crippen LogP contribution >= 0.6 is 0 Å². The molecule has 3 heteroatoms. The summed E-state index contributed by atoms with van der Waals surface area (Å²) in [6.45, 7) is 3.85. The molecule has 3 aliphatic rings. The second-order valence-corrected chi connectivity index (χ2v) is 7.49. The molecule has 0 radical (unpaired) electrons. The molecule has 2 nitrogen and oxygen atoms in total. The van der Waals surface area contributed by atoms with Gasteiger partial charge in [-0.25, -0.2) is 4.39 Å². The van der Waals surface area contributed by atoms with Gasteiger partial charge in [-0.05, 0) is 63.2 Å². The van der Waals surface area contributed by atoms with Gasteiger partial charge < -0.3 is 9.47 Å². The van der Waals surface area contributed by atoms with Crippen molar-refractivity contribution in [2.45, 2.75) is 64.6 Å². The summed E-state index contributed by atoms with van der Waals surface area (Å²) in [5.74, 6) is 2.46. The number of hydrogen-bond acceptors (Lipinski definition) is 2. The Labute approximate surface area is 140 Å². The average Bonchev–Trinajstić information content (AvgIpc) is 2.61. The molecule has 1 saturated carbocycles. The van der Waals surface area contributed by atoms with Gasteiger partial charge in [0.25, 0.3) is 0 Å². The van der Waals surface area contributed by atoms with E-state index in [4.69, 9.17) is 9.47 Å². The Morgan fingerprint density at radius 3 is 2.39 bits per heavy atom. The van der Waals surface area contributed by atoms with Crippen LogP contribution in [-0.2, 0) is 9.47 Å². The van der Waals surface area contributed by atoms with Gasteiger partial charge in [0.1, 0.15) is 0 Å². The fourth-order valence-electron chi connectivity index (χ4n) is 4.28. The van der Waals surface area contributed by atoms with Crippen molar-refractivity contribution in [1.82, 2.24) is 0 Å². The second kappa shape index (κ2) is 8.43. The van der Waals surface area contributed by atoms with E-state index in [1.165, 1.54) is 25.7 Å². The fourth-order valence-corrected chi connectivity index (χ4v) is 4.28. The summed E-state index contributed by atoms with van der Waals surface area (Å²) in [7, 11) is 0. The van der Waals surface area contributed by atoms with E-state index in [9.17, 15) is 4.39 Å². The highest BCUT2D eigenvalue weighted by Gasteiger charge is 2.34. The summed E-state index contributed by atoms with van der Waals surface area (Å²) >= 11 is 0. The van der Waals surface area contributed by atoms with Gasteiger partial charge in [0.15, 0.2) is 6.29 Å². The zero-order valence-corrected chi connectivity index (χ0v) is 14.4. The van der Waals surface area contributed by atoms with Gasteiger partial charge in [0.05, 0.1) is 19.0 Å². The highest BCUT2D eigenvalue weighted by molar-refractivity contribution is 4.98. The lowest BCUT2D eigenvalue weighted by Gasteiger charge is -2.39. The topological polar surface area (TPSA) is 18.5 Å². The zero-order chi connectivity index (χ0) is 16.1. The van der Waals surface area contributed by atoms with E-state index in [1.54, 1.807) is 6.08 Å². The van der Waals surface area contributed by atoms with Gasteiger partial charge in [0.2, 0.25) is 0 Å². The molecule has 0 amide bonds. The van der Waals surface area contributed by atoms with Crippen molar-refractivity contribution in [3.63, 3.8) is 0 Å². The van der Waals surface area contributed by atoms with Crippen molar-refractivity contribution in [1.29, 1.82) is 0 Å². The van der Waals surface area contributed by atoms with Gasteiger partial charge in [-0.2, -0.15) is 0 Å². The maximum Gasteiger partial charge on any atom is 0.160 e. The Hall–Kier alpha value is -0.670. The maximum absolute atomic E-state index is 13.1. The van der Waals surface area contributed by atoms with Crippen molar-refractivity contribution in [2.24, 2.45) is 23.7 Å². The van der Waals surface area contributed by atoms with E-state index < -0.39 is 0 Å². The van der Waals surface area contributed by atoms with Crippen LogP contribution in [0, 0.1) is 23.7 Å². The molecule has 1 aliphatic heterocycles. The van der Waals surface area contributed by atoms with Gasteiger partial charge in [-0.15, -0.1) is 0 Å². The van der Waals surface area contributed by atoms with Crippen LogP contribution in [0.15, 0.2) is 24.1 Å². The third-order valence-electron chi connectivity index (χ3n) is 5.86. The molecular formula is C20H31FO2. The Kier molecular flexibility index (Phi) is 6.29. The molecule has 2 aliphatic carbocycles. The van der Waals surface area contributed by atoms with E-state index in [0.717, 1.165) is 44.3 Å². The molecule has 0 spiro atoms. The quantitative estimate of drug-likeness (QED) is 0.645. The summed E-state index contributed by atoms with van der Waals surface area (Å²) < 4.78 is 25.2. The largest absolute Gasteiger partial charge is 0.352 e. The van der Waals surface area contributed by atoms with Crippen molar-refractivity contribution in [2.75, 3.05) is 13.2 Å².